The summed E-state index contributed by atoms with van der Waals surface area (Å²) in [4.78, 5) is 24.9. The second-order valence-electron chi connectivity index (χ2n) is 5.85. The highest BCUT2D eigenvalue weighted by atomic mass is 16.4. The number of ketones is 1. The zero-order chi connectivity index (χ0) is 17.9. The molecule has 0 aliphatic carbocycles. The molecule has 4 rings (SSSR count). The largest absolute Gasteiger partial charge is 0.422 e. The minimum absolute atomic E-state index is 0.205. The molecule has 0 saturated heterocycles. The molecule has 126 valence electrons. The minimum Gasteiger partial charge on any atom is -0.422 e. The second-order valence-corrected chi connectivity index (χ2v) is 5.85. The summed E-state index contributed by atoms with van der Waals surface area (Å²) < 4.78 is 5.40. The maximum Gasteiger partial charge on any atom is 0.336 e. The fraction of sp³-hybridized carbons (Fsp3) is 0. The lowest BCUT2D eigenvalue weighted by Crippen LogP contribution is -2.08. The van der Waals surface area contributed by atoms with Crippen LogP contribution in [0.3, 0.4) is 0 Å². The molecule has 1 heterocycles. The third-order valence-electron chi connectivity index (χ3n) is 4.11. The summed E-state index contributed by atoms with van der Waals surface area (Å²) in [6.07, 6.45) is 0. The van der Waals surface area contributed by atoms with Crippen molar-refractivity contribution >= 4 is 28.1 Å². The standard InChI is InChI=1S/C22H15NO3/c24-19-14-12-16-11-13-18(23-17-9-5-2-6-10-17)20(22(16)26-19)21(25)15-7-3-1-4-8-15/h1-14,23H. The number of hydrogen-bond acceptors (Lipinski definition) is 4. The molecule has 3 aromatic carbocycles. The molecule has 1 N–H and O–H groups in total. The molecular formula is C22H15NO3. The minimum atomic E-state index is -0.489. The Hall–Kier alpha value is -3.66. The van der Waals surface area contributed by atoms with Gasteiger partial charge in [0.15, 0.2) is 11.4 Å². The molecule has 0 bridgehead atoms. The Bertz CT molecular complexity index is 1130. The van der Waals surface area contributed by atoms with Gasteiger partial charge in [-0.3, -0.25) is 4.79 Å². The first-order valence-electron chi connectivity index (χ1n) is 8.21. The molecule has 4 nitrogen and oxygen atoms in total. The highest BCUT2D eigenvalue weighted by molar-refractivity contribution is 6.18. The van der Waals surface area contributed by atoms with Crippen LogP contribution in [0.4, 0.5) is 11.4 Å². The van der Waals surface area contributed by atoms with Crippen LogP contribution in [0.25, 0.3) is 11.0 Å². The van der Waals surface area contributed by atoms with Crippen molar-refractivity contribution < 1.29 is 9.21 Å². The molecule has 0 radical (unpaired) electrons. The molecule has 0 aliphatic rings. The van der Waals surface area contributed by atoms with Crippen molar-refractivity contribution in [2.75, 3.05) is 5.32 Å². The molecule has 0 unspecified atom stereocenters. The summed E-state index contributed by atoms with van der Waals surface area (Å²) in [7, 11) is 0. The van der Waals surface area contributed by atoms with Crippen molar-refractivity contribution in [1.29, 1.82) is 0 Å². The van der Waals surface area contributed by atoms with Crippen LogP contribution in [0.5, 0.6) is 0 Å². The van der Waals surface area contributed by atoms with E-state index in [1.165, 1.54) is 6.07 Å². The second kappa shape index (κ2) is 6.69. The lowest BCUT2D eigenvalue weighted by atomic mass is 9.99. The van der Waals surface area contributed by atoms with E-state index < -0.39 is 5.63 Å². The van der Waals surface area contributed by atoms with Gasteiger partial charge in [-0.15, -0.1) is 0 Å². The van der Waals surface area contributed by atoms with Crippen LogP contribution in [-0.2, 0) is 0 Å². The topological polar surface area (TPSA) is 59.3 Å². The van der Waals surface area contributed by atoms with Crippen LogP contribution in [0, 0.1) is 0 Å². The highest BCUT2D eigenvalue weighted by Gasteiger charge is 2.19. The van der Waals surface area contributed by atoms with E-state index in [9.17, 15) is 9.59 Å². The van der Waals surface area contributed by atoms with Gasteiger partial charge in [-0.1, -0.05) is 48.5 Å². The Morgan fingerprint density at radius 1 is 0.769 bits per heavy atom. The van der Waals surface area contributed by atoms with Crippen molar-refractivity contribution in [3.05, 3.63) is 106 Å². The number of rotatable bonds is 4. The van der Waals surface area contributed by atoms with Crippen molar-refractivity contribution in [1.82, 2.24) is 0 Å². The quantitative estimate of drug-likeness (QED) is 0.429. The highest BCUT2D eigenvalue weighted by Crippen LogP contribution is 2.30. The number of anilines is 2. The Morgan fingerprint density at radius 3 is 2.15 bits per heavy atom. The predicted octanol–water partition coefficient (Wildman–Crippen LogP) is 4.77. The zero-order valence-corrected chi connectivity index (χ0v) is 13.8. The normalized spacial score (nSPS) is 10.6. The maximum absolute atomic E-state index is 13.2. The van der Waals surface area contributed by atoms with Gasteiger partial charge in [0.05, 0.1) is 11.3 Å². The average molecular weight is 341 g/mol. The van der Waals surface area contributed by atoms with Crippen LogP contribution in [0.15, 0.2) is 94.1 Å². The molecule has 0 saturated carbocycles. The fourth-order valence-corrected chi connectivity index (χ4v) is 2.87. The van der Waals surface area contributed by atoms with E-state index in [0.29, 0.717) is 22.2 Å². The van der Waals surface area contributed by atoms with Gasteiger partial charge >= 0.3 is 5.63 Å². The van der Waals surface area contributed by atoms with E-state index in [4.69, 9.17) is 4.42 Å². The Labute approximate surface area is 149 Å². The van der Waals surface area contributed by atoms with Gasteiger partial charge in [-0.2, -0.15) is 0 Å². The van der Waals surface area contributed by atoms with E-state index in [2.05, 4.69) is 5.32 Å². The number of carbonyl (C=O) groups is 1. The third-order valence-corrected chi connectivity index (χ3v) is 4.11. The first-order valence-corrected chi connectivity index (χ1v) is 8.21. The van der Waals surface area contributed by atoms with Gasteiger partial charge in [0.1, 0.15) is 0 Å². The lowest BCUT2D eigenvalue weighted by Gasteiger charge is -2.13. The van der Waals surface area contributed by atoms with E-state index in [0.717, 1.165) is 5.69 Å². The number of para-hydroxylation sites is 1. The number of hydrogen-bond donors (Lipinski definition) is 1. The van der Waals surface area contributed by atoms with E-state index in [1.54, 1.807) is 30.3 Å². The fourth-order valence-electron chi connectivity index (χ4n) is 2.87. The number of benzene rings is 3. The molecule has 1 aromatic heterocycles. The predicted molar refractivity (Wildman–Crippen MR) is 102 cm³/mol. The SMILES string of the molecule is O=C(c1ccccc1)c1c(Nc2ccccc2)ccc2ccc(=O)oc12. The molecule has 4 aromatic rings. The van der Waals surface area contributed by atoms with Crippen molar-refractivity contribution in [3.8, 4) is 0 Å². The monoisotopic (exact) mass is 341 g/mol. The van der Waals surface area contributed by atoms with Gasteiger partial charge in [-0.05, 0) is 30.3 Å². The van der Waals surface area contributed by atoms with Crippen LogP contribution < -0.4 is 10.9 Å². The molecule has 0 atom stereocenters. The Balaban J connectivity index is 1.94. The first kappa shape index (κ1) is 15.8. The summed E-state index contributed by atoms with van der Waals surface area (Å²) in [6.45, 7) is 0. The molecular weight excluding hydrogens is 326 g/mol. The number of carbonyl (C=O) groups excluding carboxylic acids is 1. The lowest BCUT2D eigenvalue weighted by molar-refractivity contribution is 0.104. The van der Waals surface area contributed by atoms with Crippen LogP contribution in [-0.4, -0.2) is 5.78 Å². The Morgan fingerprint density at radius 2 is 1.42 bits per heavy atom. The summed E-state index contributed by atoms with van der Waals surface area (Å²) in [6, 6.07) is 25.1. The van der Waals surface area contributed by atoms with Crippen molar-refractivity contribution in [3.63, 3.8) is 0 Å². The summed E-state index contributed by atoms with van der Waals surface area (Å²) in [5.41, 5.74) is 2.10. The molecule has 0 fully saturated rings. The smallest absolute Gasteiger partial charge is 0.336 e. The zero-order valence-electron chi connectivity index (χ0n) is 13.8. The van der Waals surface area contributed by atoms with Gasteiger partial charge in [0.25, 0.3) is 0 Å². The first-order chi connectivity index (χ1) is 12.7. The van der Waals surface area contributed by atoms with E-state index in [1.807, 2.05) is 48.5 Å². The maximum atomic E-state index is 13.2. The van der Waals surface area contributed by atoms with Gasteiger partial charge in [-0.25, -0.2) is 4.79 Å². The molecule has 0 amide bonds. The molecule has 0 aliphatic heterocycles. The van der Waals surface area contributed by atoms with Crippen LogP contribution in [0.2, 0.25) is 0 Å². The summed E-state index contributed by atoms with van der Waals surface area (Å²) in [5, 5.41) is 3.95. The number of fused-ring (bicyclic) bond motifs is 1. The molecule has 26 heavy (non-hydrogen) atoms. The van der Waals surface area contributed by atoms with Crippen molar-refractivity contribution in [2.24, 2.45) is 0 Å². The Kier molecular flexibility index (Phi) is 4.07. The van der Waals surface area contributed by atoms with Gasteiger partial charge in [0, 0.05) is 22.7 Å². The summed E-state index contributed by atoms with van der Waals surface area (Å²) >= 11 is 0. The van der Waals surface area contributed by atoms with Crippen molar-refractivity contribution in [2.45, 2.75) is 0 Å². The third kappa shape index (κ3) is 3.00. The van der Waals surface area contributed by atoms with Crippen LogP contribution in [0.1, 0.15) is 15.9 Å². The summed E-state index contributed by atoms with van der Waals surface area (Å²) in [5.74, 6) is -0.205. The van der Waals surface area contributed by atoms with Gasteiger partial charge in [0.2, 0.25) is 0 Å². The average Bonchev–Trinajstić information content (AvgIpc) is 2.69. The molecule has 0 spiro atoms. The van der Waals surface area contributed by atoms with E-state index >= 15 is 0 Å². The van der Waals surface area contributed by atoms with Gasteiger partial charge < -0.3 is 9.73 Å². The van der Waals surface area contributed by atoms with E-state index in [-0.39, 0.29) is 11.4 Å². The number of nitrogens with one attached hydrogen (secondary N) is 1. The van der Waals surface area contributed by atoms with Crippen LogP contribution >= 0.6 is 0 Å². The molecule has 4 heteroatoms.